The Kier molecular flexibility index (Phi) is 22.7. The van der Waals surface area contributed by atoms with Crippen molar-refractivity contribution in [2.75, 3.05) is 0 Å². The molecular weight excluding hydrogens is 91.9 g/mol. The zero-order valence-corrected chi connectivity index (χ0v) is 3.88. The van der Waals surface area contributed by atoms with Gasteiger partial charge in [-0.3, -0.25) is 0 Å². The molecule has 0 saturated heterocycles. The molecule has 0 spiro atoms. The Bertz CT molecular complexity index is 27.0. The molecule has 0 aromatic rings. The SMILES string of the molecule is [CH3].[O]=[Ti]=[O]. The van der Waals surface area contributed by atoms with Crippen molar-refractivity contribution in [2.24, 2.45) is 0 Å². The van der Waals surface area contributed by atoms with E-state index in [1.165, 1.54) is 0 Å². The molecule has 0 bridgehead atoms. The molecule has 0 aromatic carbocycles. The summed E-state index contributed by atoms with van der Waals surface area (Å²) in [5.74, 6) is 0. The second kappa shape index (κ2) is 10.3. The van der Waals surface area contributed by atoms with Crippen molar-refractivity contribution in [3.05, 3.63) is 7.43 Å². The van der Waals surface area contributed by atoms with Crippen LogP contribution in [0.15, 0.2) is 0 Å². The van der Waals surface area contributed by atoms with Crippen molar-refractivity contribution in [3.63, 3.8) is 0 Å². The minimum absolute atomic E-state index is 0. The molecule has 0 amide bonds. The summed E-state index contributed by atoms with van der Waals surface area (Å²) in [5.41, 5.74) is 0. The van der Waals surface area contributed by atoms with Gasteiger partial charge in [0.15, 0.2) is 0 Å². The molecule has 1 radical (unpaired) electrons. The van der Waals surface area contributed by atoms with Gasteiger partial charge in [-0.2, -0.15) is 0 Å². The Balaban J connectivity index is 0. The van der Waals surface area contributed by atoms with Crippen LogP contribution in [0.25, 0.3) is 0 Å². The molecule has 0 rings (SSSR count). The minimum atomic E-state index is -2.00. The molecule has 0 unspecified atom stereocenters. The van der Waals surface area contributed by atoms with E-state index >= 15 is 0 Å². The van der Waals surface area contributed by atoms with Crippen LogP contribution in [0.4, 0.5) is 0 Å². The third-order valence-corrected chi connectivity index (χ3v) is 0. The van der Waals surface area contributed by atoms with Crippen molar-refractivity contribution in [1.82, 2.24) is 0 Å². The quantitative estimate of drug-likeness (QED) is 0.403. The monoisotopic (exact) mass is 95.0 g/mol. The molecule has 3 heteroatoms. The molecule has 0 aromatic heterocycles. The molecular formula is CH3O2Ti. The second-order valence-electron chi connectivity index (χ2n) is 0.0833. The molecule has 0 aliphatic heterocycles. The molecule has 0 aliphatic carbocycles. The van der Waals surface area contributed by atoms with Crippen LogP contribution >= 0.6 is 0 Å². The van der Waals surface area contributed by atoms with Crippen LogP contribution in [-0.4, -0.2) is 0 Å². The van der Waals surface area contributed by atoms with Gasteiger partial charge in [-0.15, -0.1) is 0 Å². The van der Waals surface area contributed by atoms with Gasteiger partial charge in [0.05, 0.1) is 0 Å². The topological polar surface area (TPSA) is 34.1 Å². The van der Waals surface area contributed by atoms with Gasteiger partial charge in [0, 0.05) is 0 Å². The Hall–Kier alpha value is 0.314. The van der Waals surface area contributed by atoms with Gasteiger partial charge < -0.3 is 0 Å². The van der Waals surface area contributed by atoms with Gasteiger partial charge in [0.2, 0.25) is 0 Å². The van der Waals surface area contributed by atoms with E-state index in [4.69, 9.17) is 6.65 Å². The molecule has 0 heterocycles. The fraction of sp³-hybridized carbons (Fsp3) is 0. The van der Waals surface area contributed by atoms with Gasteiger partial charge in [-0.1, -0.05) is 7.43 Å². The average molecular weight is 94.9 g/mol. The van der Waals surface area contributed by atoms with E-state index in [1.54, 1.807) is 0 Å². The Morgan fingerprint density at radius 1 is 1.25 bits per heavy atom. The Morgan fingerprint density at radius 2 is 1.25 bits per heavy atom. The van der Waals surface area contributed by atoms with E-state index in [1.807, 2.05) is 0 Å². The molecule has 0 fully saturated rings. The van der Waals surface area contributed by atoms with Gasteiger partial charge >= 0.3 is 25.7 Å². The van der Waals surface area contributed by atoms with Gasteiger partial charge in [0.25, 0.3) is 0 Å². The summed E-state index contributed by atoms with van der Waals surface area (Å²) in [7, 11) is 0. The number of hydrogen-bond donors (Lipinski definition) is 0. The summed E-state index contributed by atoms with van der Waals surface area (Å²) in [6.45, 7) is 0. The Labute approximate surface area is 33.8 Å². The first-order valence-corrected chi connectivity index (χ1v) is 1.68. The molecule has 0 atom stereocenters. The standard InChI is InChI=1S/CH3.2O.Ti/h1H3;;;. The van der Waals surface area contributed by atoms with Crippen LogP contribution < -0.4 is 0 Å². The molecule has 0 aliphatic rings. The molecule has 23 valence electrons. The van der Waals surface area contributed by atoms with Crippen LogP contribution in [0.5, 0.6) is 0 Å². The molecule has 0 saturated carbocycles. The van der Waals surface area contributed by atoms with E-state index < -0.39 is 19.1 Å². The molecule has 0 N–H and O–H groups in total. The fourth-order valence-electron chi connectivity index (χ4n) is 0. The summed E-state index contributed by atoms with van der Waals surface area (Å²) >= 11 is -2.00. The van der Waals surface area contributed by atoms with Crippen molar-refractivity contribution >= 4 is 0 Å². The van der Waals surface area contributed by atoms with Gasteiger partial charge in [0.1, 0.15) is 0 Å². The molecule has 4 heavy (non-hydrogen) atoms. The third-order valence-electron chi connectivity index (χ3n) is 0. The van der Waals surface area contributed by atoms with Gasteiger partial charge in [-0.05, 0) is 0 Å². The Morgan fingerprint density at radius 3 is 1.25 bits per heavy atom. The van der Waals surface area contributed by atoms with E-state index in [9.17, 15) is 0 Å². The fourth-order valence-corrected chi connectivity index (χ4v) is 0. The van der Waals surface area contributed by atoms with Gasteiger partial charge in [-0.25, -0.2) is 0 Å². The van der Waals surface area contributed by atoms with Crippen molar-refractivity contribution in [1.29, 1.82) is 0 Å². The summed E-state index contributed by atoms with van der Waals surface area (Å²) in [4.78, 5) is 0. The van der Waals surface area contributed by atoms with E-state index in [2.05, 4.69) is 0 Å². The van der Waals surface area contributed by atoms with Crippen LogP contribution in [0.3, 0.4) is 0 Å². The summed E-state index contributed by atoms with van der Waals surface area (Å²) < 4.78 is 17.0. The first kappa shape index (κ1) is 8.85. The predicted octanol–water partition coefficient (Wildman–Crippen LogP) is 0.210. The summed E-state index contributed by atoms with van der Waals surface area (Å²) in [6.07, 6.45) is 0. The first-order chi connectivity index (χ1) is 1.41. The third kappa shape index (κ3) is 40.5. The second-order valence-corrected chi connectivity index (χ2v) is 0.344. The van der Waals surface area contributed by atoms with Crippen molar-refractivity contribution in [3.8, 4) is 0 Å². The zero-order valence-electron chi connectivity index (χ0n) is 2.32. The summed E-state index contributed by atoms with van der Waals surface area (Å²) in [5, 5.41) is 0. The van der Waals surface area contributed by atoms with E-state index in [0.717, 1.165) is 0 Å². The maximum absolute atomic E-state index is 8.50. The normalized spacial score (nSPS) is 2.00. The number of hydrogen-bond acceptors (Lipinski definition) is 2. The van der Waals surface area contributed by atoms with Crippen LogP contribution in [0, 0.1) is 7.43 Å². The predicted molar refractivity (Wildman–Crippen MR) is 7.79 cm³/mol. The number of rotatable bonds is 0. The van der Waals surface area contributed by atoms with Crippen LogP contribution in [-0.2, 0) is 25.7 Å². The first-order valence-electron chi connectivity index (χ1n) is 0.408. The molecule has 2 nitrogen and oxygen atoms in total. The van der Waals surface area contributed by atoms with Crippen LogP contribution in [0.1, 0.15) is 0 Å². The van der Waals surface area contributed by atoms with Crippen molar-refractivity contribution < 1.29 is 25.7 Å². The average Bonchev–Trinajstić information content (AvgIpc) is 0.918. The van der Waals surface area contributed by atoms with Crippen LogP contribution in [0.2, 0.25) is 0 Å². The van der Waals surface area contributed by atoms with Crippen molar-refractivity contribution in [2.45, 2.75) is 0 Å². The van der Waals surface area contributed by atoms with E-state index in [0.29, 0.717) is 0 Å². The zero-order chi connectivity index (χ0) is 2.71. The van der Waals surface area contributed by atoms with E-state index in [-0.39, 0.29) is 7.43 Å². The summed E-state index contributed by atoms with van der Waals surface area (Å²) in [6, 6.07) is 0. The maximum atomic E-state index is 8.50.